The first-order valence-electron chi connectivity index (χ1n) is 9.25. The highest BCUT2D eigenvalue weighted by Crippen LogP contribution is 2.32. The molecule has 0 atom stereocenters. The van der Waals surface area contributed by atoms with E-state index in [2.05, 4.69) is 10.6 Å². The fourth-order valence-electron chi connectivity index (χ4n) is 2.67. The molecule has 0 spiro atoms. The lowest BCUT2D eigenvalue weighted by Crippen LogP contribution is -2.32. The van der Waals surface area contributed by atoms with Crippen LogP contribution in [-0.2, 0) is 4.79 Å². The third-order valence-corrected chi connectivity index (χ3v) is 3.93. The van der Waals surface area contributed by atoms with Gasteiger partial charge in [-0.3, -0.25) is 9.59 Å². The number of rotatable bonds is 6. The van der Waals surface area contributed by atoms with Gasteiger partial charge in [0.1, 0.15) is 5.75 Å². The first kappa shape index (κ1) is 19.5. The molecule has 0 saturated carbocycles. The average Bonchev–Trinajstić information content (AvgIpc) is 2.91. The summed E-state index contributed by atoms with van der Waals surface area (Å²) in [5.74, 6) is 1.29. The minimum absolute atomic E-state index is 0.0632. The Morgan fingerprint density at radius 1 is 1.04 bits per heavy atom. The molecule has 0 fully saturated rings. The first-order valence-corrected chi connectivity index (χ1v) is 9.25. The molecule has 2 aromatic rings. The van der Waals surface area contributed by atoms with Gasteiger partial charge in [-0.1, -0.05) is 0 Å². The van der Waals surface area contributed by atoms with Crippen LogP contribution in [0.2, 0.25) is 0 Å². The van der Waals surface area contributed by atoms with Gasteiger partial charge < -0.3 is 24.8 Å². The summed E-state index contributed by atoms with van der Waals surface area (Å²) in [7, 11) is 0. The van der Waals surface area contributed by atoms with Crippen LogP contribution in [0.4, 0.5) is 5.69 Å². The molecule has 0 radical (unpaired) electrons. The van der Waals surface area contributed by atoms with Crippen LogP contribution in [0.25, 0.3) is 0 Å². The Labute approximate surface area is 164 Å². The van der Waals surface area contributed by atoms with Crippen LogP contribution in [0.1, 0.15) is 30.6 Å². The Morgan fingerprint density at radius 3 is 2.46 bits per heavy atom. The Hall–Kier alpha value is -3.22. The van der Waals surface area contributed by atoms with Crippen molar-refractivity contribution < 1.29 is 23.8 Å². The van der Waals surface area contributed by atoms with E-state index in [9.17, 15) is 9.59 Å². The van der Waals surface area contributed by atoms with E-state index in [1.54, 1.807) is 42.5 Å². The molecule has 7 heteroatoms. The van der Waals surface area contributed by atoms with E-state index < -0.39 is 0 Å². The minimum atomic E-state index is -0.331. The molecule has 1 aliphatic rings. The van der Waals surface area contributed by atoms with E-state index in [-0.39, 0.29) is 24.5 Å². The van der Waals surface area contributed by atoms with Gasteiger partial charge in [-0.2, -0.15) is 0 Å². The Bertz CT molecular complexity index is 833. The highest BCUT2D eigenvalue weighted by molar-refractivity contribution is 5.99. The molecule has 3 rings (SSSR count). The monoisotopic (exact) mass is 384 g/mol. The van der Waals surface area contributed by atoms with Gasteiger partial charge in [-0.25, -0.2) is 0 Å². The topological polar surface area (TPSA) is 85.9 Å². The molecule has 0 saturated heterocycles. The van der Waals surface area contributed by atoms with Crippen LogP contribution in [0.15, 0.2) is 42.5 Å². The SMILES string of the molecule is CC(C)Oc1ccc(C(=O)NCC(=O)Nc2ccc3c(c2)OCCCO3)cc1. The van der Waals surface area contributed by atoms with Crippen molar-refractivity contribution in [1.82, 2.24) is 5.32 Å². The van der Waals surface area contributed by atoms with Crippen LogP contribution in [-0.4, -0.2) is 37.7 Å². The predicted molar refractivity (Wildman–Crippen MR) is 105 cm³/mol. The lowest BCUT2D eigenvalue weighted by Gasteiger charge is -2.11. The number of hydrogen-bond donors (Lipinski definition) is 2. The summed E-state index contributed by atoms with van der Waals surface area (Å²) in [6.07, 6.45) is 0.876. The molecular formula is C21H24N2O5. The summed E-state index contributed by atoms with van der Waals surface area (Å²) in [5, 5.41) is 5.34. The molecule has 28 heavy (non-hydrogen) atoms. The van der Waals surface area contributed by atoms with Crippen LogP contribution >= 0.6 is 0 Å². The smallest absolute Gasteiger partial charge is 0.251 e. The molecule has 2 amide bonds. The maximum atomic E-state index is 12.2. The number of nitrogens with one attached hydrogen (secondary N) is 2. The van der Waals surface area contributed by atoms with Crippen molar-refractivity contribution in [2.75, 3.05) is 25.1 Å². The van der Waals surface area contributed by atoms with E-state index in [1.807, 2.05) is 13.8 Å². The quantitative estimate of drug-likeness (QED) is 0.800. The summed E-state index contributed by atoms with van der Waals surface area (Å²) >= 11 is 0. The second-order valence-corrected chi connectivity index (χ2v) is 6.63. The zero-order valence-corrected chi connectivity index (χ0v) is 16.0. The van der Waals surface area contributed by atoms with Gasteiger partial charge in [-0.05, 0) is 50.2 Å². The van der Waals surface area contributed by atoms with E-state index in [1.165, 1.54) is 0 Å². The van der Waals surface area contributed by atoms with E-state index in [4.69, 9.17) is 14.2 Å². The summed E-state index contributed by atoms with van der Waals surface area (Å²) in [6, 6.07) is 12.0. The molecule has 2 N–H and O–H groups in total. The molecule has 7 nitrogen and oxygen atoms in total. The highest BCUT2D eigenvalue weighted by atomic mass is 16.5. The standard InChI is InChI=1S/C21H24N2O5/c1-14(2)28-17-7-4-15(5-8-17)21(25)22-13-20(24)23-16-6-9-18-19(12-16)27-11-3-10-26-18/h4-9,12,14H,3,10-11,13H2,1-2H3,(H,22,25)(H,23,24). The number of amides is 2. The van der Waals surface area contributed by atoms with Crippen LogP contribution in [0, 0.1) is 0 Å². The van der Waals surface area contributed by atoms with Gasteiger partial charge in [0.25, 0.3) is 5.91 Å². The lowest BCUT2D eigenvalue weighted by atomic mass is 10.2. The van der Waals surface area contributed by atoms with Crippen molar-refractivity contribution in [3.05, 3.63) is 48.0 Å². The average molecular weight is 384 g/mol. The molecular weight excluding hydrogens is 360 g/mol. The molecule has 1 heterocycles. The van der Waals surface area contributed by atoms with Gasteiger partial charge >= 0.3 is 0 Å². The summed E-state index contributed by atoms with van der Waals surface area (Å²) < 4.78 is 16.7. The normalized spacial score (nSPS) is 12.8. The van der Waals surface area contributed by atoms with Crippen LogP contribution in [0.5, 0.6) is 17.2 Å². The van der Waals surface area contributed by atoms with Crippen molar-refractivity contribution >= 4 is 17.5 Å². The molecule has 148 valence electrons. The molecule has 0 aromatic heterocycles. The van der Waals surface area contributed by atoms with E-state index in [0.717, 1.165) is 6.42 Å². The maximum absolute atomic E-state index is 12.2. The summed E-state index contributed by atoms with van der Waals surface area (Å²) in [4.78, 5) is 24.3. The van der Waals surface area contributed by atoms with Crippen LogP contribution < -0.4 is 24.8 Å². The van der Waals surface area contributed by atoms with Gasteiger partial charge in [0.2, 0.25) is 5.91 Å². The third kappa shape index (κ3) is 5.39. The second kappa shape index (κ2) is 9.12. The molecule has 0 bridgehead atoms. The number of fused-ring (bicyclic) bond motifs is 1. The molecule has 1 aliphatic heterocycles. The van der Waals surface area contributed by atoms with Gasteiger partial charge in [-0.15, -0.1) is 0 Å². The number of carbonyl (C=O) groups is 2. The largest absolute Gasteiger partial charge is 0.491 e. The van der Waals surface area contributed by atoms with Crippen molar-refractivity contribution in [2.45, 2.75) is 26.4 Å². The number of benzene rings is 2. The van der Waals surface area contributed by atoms with Crippen LogP contribution in [0.3, 0.4) is 0 Å². The summed E-state index contributed by atoms with van der Waals surface area (Å²) in [5.41, 5.74) is 1.04. The van der Waals surface area contributed by atoms with E-state index in [0.29, 0.717) is 41.7 Å². The van der Waals surface area contributed by atoms with Crippen molar-refractivity contribution in [2.24, 2.45) is 0 Å². The van der Waals surface area contributed by atoms with Gasteiger partial charge in [0.15, 0.2) is 11.5 Å². The van der Waals surface area contributed by atoms with Crippen molar-refractivity contribution in [1.29, 1.82) is 0 Å². The maximum Gasteiger partial charge on any atom is 0.251 e. The lowest BCUT2D eigenvalue weighted by molar-refractivity contribution is -0.115. The number of anilines is 1. The Morgan fingerprint density at radius 2 is 1.75 bits per heavy atom. The van der Waals surface area contributed by atoms with Crippen molar-refractivity contribution in [3.8, 4) is 17.2 Å². The van der Waals surface area contributed by atoms with Gasteiger partial charge in [0, 0.05) is 23.7 Å². The number of carbonyl (C=O) groups excluding carboxylic acids is 2. The zero-order chi connectivity index (χ0) is 19.9. The predicted octanol–water partition coefficient (Wildman–Crippen LogP) is 3.00. The Balaban J connectivity index is 1.51. The second-order valence-electron chi connectivity index (χ2n) is 6.63. The Kier molecular flexibility index (Phi) is 6.37. The first-order chi connectivity index (χ1) is 13.5. The zero-order valence-electron chi connectivity index (χ0n) is 16.0. The number of ether oxygens (including phenoxy) is 3. The van der Waals surface area contributed by atoms with Gasteiger partial charge in [0.05, 0.1) is 25.9 Å². The van der Waals surface area contributed by atoms with Crippen molar-refractivity contribution in [3.63, 3.8) is 0 Å². The highest BCUT2D eigenvalue weighted by Gasteiger charge is 2.13. The fraction of sp³-hybridized carbons (Fsp3) is 0.333. The molecule has 2 aromatic carbocycles. The minimum Gasteiger partial charge on any atom is -0.491 e. The van der Waals surface area contributed by atoms with E-state index >= 15 is 0 Å². The summed E-state index contributed by atoms with van der Waals surface area (Å²) in [6.45, 7) is 4.90. The number of hydrogen-bond acceptors (Lipinski definition) is 5. The third-order valence-electron chi connectivity index (χ3n) is 3.93. The molecule has 0 aliphatic carbocycles. The fourth-order valence-corrected chi connectivity index (χ4v) is 2.67. The molecule has 0 unspecified atom stereocenters.